The van der Waals surface area contributed by atoms with Crippen molar-refractivity contribution >= 4 is 0 Å². The maximum Gasteiger partial charge on any atom is 0.123 e. The molecular formula is C15H22FNO3. The number of hydrogen-bond donors (Lipinski definition) is 3. The summed E-state index contributed by atoms with van der Waals surface area (Å²) in [6, 6.07) is 6.35. The highest BCUT2D eigenvalue weighted by atomic mass is 19.1. The van der Waals surface area contributed by atoms with E-state index < -0.39 is 12.2 Å². The smallest absolute Gasteiger partial charge is 0.123 e. The molecule has 20 heavy (non-hydrogen) atoms. The third-order valence-corrected chi connectivity index (χ3v) is 3.92. The number of ether oxygens (including phenoxy) is 1. The van der Waals surface area contributed by atoms with Gasteiger partial charge in [-0.1, -0.05) is 12.1 Å². The van der Waals surface area contributed by atoms with E-state index in [-0.39, 0.29) is 11.2 Å². The monoisotopic (exact) mass is 283 g/mol. The lowest BCUT2D eigenvalue weighted by Gasteiger charge is -2.28. The molecule has 2 unspecified atom stereocenters. The second-order valence-electron chi connectivity index (χ2n) is 5.71. The minimum atomic E-state index is -0.683. The van der Waals surface area contributed by atoms with Crippen LogP contribution in [-0.2, 0) is 11.3 Å². The minimum absolute atomic E-state index is 0.242. The SMILES string of the molecule is COCC1(CNCc2ccc(F)cc2)CC(O)C(O)C1. The largest absolute Gasteiger partial charge is 0.390 e. The van der Waals surface area contributed by atoms with Crippen molar-refractivity contribution in [2.75, 3.05) is 20.3 Å². The van der Waals surface area contributed by atoms with Gasteiger partial charge >= 0.3 is 0 Å². The quantitative estimate of drug-likeness (QED) is 0.731. The van der Waals surface area contributed by atoms with E-state index in [4.69, 9.17) is 4.74 Å². The first kappa shape index (κ1) is 15.4. The number of benzene rings is 1. The molecule has 3 N–H and O–H groups in total. The Morgan fingerprint density at radius 2 is 1.85 bits per heavy atom. The van der Waals surface area contributed by atoms with Crippen LogP contribution in [0.3, 0.4) is 0 Å². The van der Waals surface area contributed by atoms with E-state index >= 15 is 0 Å². The van der Waals surface area contributed by atoms with Gasteiger partial charge in [-0.05, 0) is 30.5 Å². The molecule has 4 nitrogen and oxygen atoms in total. The highest BCUT2D eigenvalue weighted by molar-refractivity contribution is 5.15. The Hall–Kier alpha value is -1.01. The molecule has 1 fully saturated rings. The average Bonchev–Trinajstić information content (AvgIpc) is 2.68. The molecule has 1 saturated carbocycles. The molecule has 112 valence electrons. The van der Waals surface area contributed by atoms with Crippen molar-refractivity contribution in [1.82, 2.24) is 5.32 Å². The fraction of sp³-hybridized carbons (Fsp3) is 0.600. The highest BCUT2D eigenvalue weighted by Crippen LogP contribution is 2.38. The Kier molecular flexibility index (Phi) is 5.10. The van der Waals surface area contributed by atoms with Gasteiger partial charge in [0.25, 0.3) is 0 Å². The van der Waals surface area contributed by atoms with Crippen molar-refractivity contribution in [2.45, 2.75) is 31.6 Å². The molecule has 0 bridgehead atoms. The first-order valence-electron chi connectivity index (χ1n) is 6.85. The molecule has 2 atom stereocenters. The molecule has 1 aliphatic rings. The van der Waals surface area contributed by atoms with Crippen LogP contribution in [0.15, 0.2) is 24.3 Å². The van der Waals surface area contributed by atoms with Crippen LogP contribution in [0.5, 0.6) is 0 Å². The van der Waals surface area contributed by atoms with Crippen LogP contribution in [0.1, 0.15) is 18.4 Å². The first-order valence-corrected chi connectivity index (χ1v) is 6.85. The molecule has 5 heteroatoms. The Labute approximate surface area is 118 Å². The van der Waals surface area contributed by atoms with Gasteiger partial charge in [0.15, 0.2) is 0 Å². The zero-order valence-corrected chi connectivity index (χ0v) is 11.7. The number of nitrogens with one attached hydrogen (secondary N) is 1. The van der Waals surface area contributed by atoms with Gasteiger partial charge in [-0.2, -0.15) is 0 Å². The van der Waals surface area contributed by atoms with Crippen molar-refractivity contribution in [3.05, 3.63) is 35.6 Å². The normalized spacial score (nSPS) is 29.8. The van der Waals surface area contributed by atoms with Gasteiger partial charge in [0.2, 0.25) is 0 Å². The van der Waals surface area contributed by atoms with Gasteiger partial charge in [0.1, 0.15) is 5.82 Å². The van der Waals surface area contributed by atoms with Crippen molar-refractivity contribution in [3.8, 4) is 0 Å². The zero-order chi connectivity index (χ0) is 14.6. The van der Waals surface area contributed by atoms with Crippen LogP contribution in [0.4, 0.5) is 4.39 Å². The van der Waals surface area contributed by atoms with Gasteiger partial charge < -0.3 is 20.3 Å². The van der Waals surface area contributed by atoms with E-state index in [2.05, 4.69) is 5.32 Å². The molecule has 0 saturated heterocycles. The lowest BCUT2D eigenvalue weighted by atomic mass is 9.86. The Balaban J connectivity index is 1.88. The summed E-state index contributed by atoms with van der Waals surface area (Å²) in [6.07, 6.45) is -0.313. The number of rotatable bonds is 6. The Bertz CT molecular complexity index is 414. The topological polar surface area (TPSA) is 61.7 Å². The van der Waals surface area contributed by atoms with Crippen LogP contribution in [0.25, 0.3) is 0 Å². The van der Waals surface area contributed by atoms with E-state index in [1.54, 1.807) is 19.2 Å². The number of aliphatic hydroxyl groups is 2. The third kappa shape index (κ3) is 3.76. The lowest BCUT2D eigenvalue weighted by Crippen LogP contribution is -2.36. The summed E-state index contributed by atoms with van der Waals surface area (Å²) >= 11 is 0. The standard InChI is InChI=1S/C15H22FNO3/c1-20-10-15(6-13(18)14(19)7-15)9-17-8-11-2-4-12(16)5-3-11/h2-5,13-14,17-19H,6-10H2,1H3. The van der Waals surface area contributed by atoms with Gasteiger partial charge in [0, 0.05) is 25.6 Å². The molecule has 0 radical (unpaired) electrons. The number of aliphatic hydroxyl groups excluding tert-OH is 2. The molecule has 1 aromatic rings. The molecule has 0 aliphatic heterocycles. The number of methoxy groups -OCH3 is 1. The second-order valence-corrected chi connectivity index (χ2v) is 5.71. The predicted molar refractivity (Wildman–Crippen MR) is 73.7 cm³/mol. The fourth-order valence-electron chi connectivity index (χ4n) is 2.94. The number of hydrogen-bond acceptors (Lipinski definition) is 4. The van der Waals surface area contributed by atoms with E-state index in [0.717, 1.165) is 5.56 Å². The lowest BCUT2D eigenvalue weighted by molar-refractivity contribution is 0.0438. The second kappa shape index (κ2) is 6.63. The molecule has 0 spiro atoms. The van der Waals surface area contributed by atoms with Gasteiger partial charge in [-0.3, -0.25) is 0 Å². The molecule has 1 aliphatic carbocycles. The van der Waals surface area contributed by atoms with Crippen LogP contribution < -0.4 is 5.32 Å². The summed E-state index contributed by atoms with van der Waals surface area (Å²) in [4.78, 5) is 0. The first-order chi connectivity index (χ1) is 9.54. The highest BCUT2D eigenvalue weighted by Gasteiger charge is 2.43. The summed E-state index contributed by atoms with van der Waals surface area (Å²) in [5.41, 5.74) is 0.756. The van der Waals surface area contributed by atoms with Crippen LogP contribution in [-0.4, -0.2) is 42.7 Å². The molecule has 2 rings (SSSR count). The summed E-state index contributed by atoms with van der Waals surface area (Å²) in [5.74, 6) is -0.244. The van der Waals surface area contributed by atoms with Crippen molar-refractivity contribution in [3.63, 3.8) is 0 Å². The minimum Gasteiger partial charge on any atom is -0.390 e. The van der Waals surface area contributed by atoms with Crippen molar-refractivity contribution in [2.24, 2.45) is 5.41 Å². The van der Waals surface area contributed by atoms with Crippen LogP contribution >= 0.6 is 0 Å². The maximum atomic E-state index is 12.8. The number of halogens is 1. The van der Waals surface area contributed by atoms with Gasteiger partial charge in [-0.15, -0.1) is 0 Å². The van der Waals surface area contributed by atoms with Crippen molar-refractivity contribution in [1.29, 1.82) is 0 Å². The average molecular weight is 283 g/mol. The van der Waals surface area contributed by atoms with Crippen LogP contribution in [0, 0.1) is 11.2 Å². The summed E-state index contributed by atoms with van der Waals surface area (Å²) in [6.45, 7) is 1.77. The molecule has 0 aromatic heterocycles. The van der Waals surface area contributed by atoms with Crippen LogP contribution in [0.2, 0.25) is 0 Å². The fourth-order valence-corrected chi connectivity index (χ4v) is 2.94. The van der Waals surface area contributed by atoms with Crippen molar-refractivity contribution < 1.29 is 19.3 Å². The summed E-state index contributed by atoms with van der Waals surface area (Å²) in [7, 11) is 1.62. The molecular weight excluding hydrogens is 261 g/mol. The molecule has 0 heterocycles. The summed E-state index contributed by atoms with van der Waals surface area (Å²) < 4.78 is 18.0. The predicted octanol–water partition coefficient (Wildman–Crippen LogP) is 1.06. The zero-order valence-electron chi connectivity index (χ0n) is 11.7. The van der Waals surface area contributed by atoms with E-state index in [0.29, 0.717) is 32.5 Å². The maximum absolute atomic E-state index is 12.8. The Morgan fingerprint density at radius 3 is 2.40 bits per heavy atom. The van der Waals surface area contributed by atoms with E-state index in [1.807, 2.05) is 0 Å². The van der Waals surface area contributed by atoms with E-state index in [1.165, 1.54) is 12.1 Å². The molecule has 1 aromatic carbocycles. The van der Waals surface area contributed by atoms with E-state index in [9.17, 15) is 14.6 Å². The Morgan fingerprint density at radius 1 is 1.25 bits per heavy atom. The van der Waals surface area contributed by atoms with Gasteiger partial charge in [0.05, 0.1) is 18.8 Å². The third-order valence-electron chi connectivity index (χ3n) is 3.92. The van der Waals surface area contributed by atoms with Gasteiger partial charge in [-0.25, -0.2) is 4.39 Å². The summed E-state index contributed by atoms with van der Waals surface area (Å²) in [5, 5.41) is 22.8. The molecule has 0 amide bonds.